The third kappa shape index (κ3) is 7.30. The minimum atomic E-state index is -0.503. The van der Waals surface area contributed by atoms with Crippen LogP contribution < -0.4 is 0 Å². The number of benzene rings is 1. The zero-order valence-corrected chi connectivity index (χ0v) is 14.6. The Labute approximate surface area is 146 Å². The Kier molecular flexibility index (Phi) is 9.16. The molecule has 25 heavy (non-hydrogen) atoms. The maximum Gasteiger partial charge on any atom is 0.307 e. The van der Waals surface area contributed by atoms with E-state index in [1.54, 1.807) is 32.2 Å². The molecule has 0 aliphatic rings. The number of carbonyl (C=O) groups excluding carboxylic acids is 2. The smallest absolute Gasteiger partial charge is 0.307 e. The topological polar surface area (TPSA) is 99.0 Å². The molecule has 1 aromatic rings. The second kappa shape index (κ2) is 11.1. The summed E-state index contributed by atoms with van der Waals surface area (Å²) in [6, 6.07) is 6.15. The molecule has 1 rings (SSSR count). The first kappa shape index (κ1) is 20.6. The third-order valence-corrected chi connectivity index (χ3v) is 3.55. The summed E-state index contributed by atoms with van der Waals surface area (Å²) in [7, 11) is 1.57. The number of para-hydroxylation sites is 1. The molecule has 0 aliphatic carbocycles. The number of nitro groups is 1. The van der Waals surface area contributed by atoms with Gasteiger partial charge in [0.05, 0.1) is 24.4 Å². The second-order valence-corrected chi connectivity index (χ2v) is 5.34. The standard InChI is InChI=1S/C17H24N2O6/c1-3-25-17(21)9-11-18(10-6-12-24-2)16(20)13-14-7-4-5-8-15(14)19(22)23/h4-5,7-8H,3,6,9-13H2,1-2H3. The summed E-state index contributed by atoms with van der Waals surface area (Å²) in [5.74, 6) is -0.646. The van der Waals surface area contributed by atoms with Gasteiger partial charge in [0.15, 0.2) is 0 Å². The highest BCUT2D eigenvalue weighted by molar-refractivity contribution is 5.80. The molecule has 0 fully saturated rings. The van der Waals surface area contributed by atoms with Gasteiger partial charge >= 0.3 is 5.97 Å². The van der Waals surface area contributed by atoms with Gasteiger partial charge in [0.25, 0.3) is 5.69 Å². The van der Waals surface area contributed by atoms with E-state index < -0.39 is 4.92 Å². The molecule has 8 heteroatoms. The van der Waals surface area contributed by atoms with Gasteiger partial charge in [-0.2, -0.15) is 0 Å². The van der Waals surface area contributed by atoms with Crippen LogP contribution in [0, 0.1) is 10.1 Å². The Hall–Kier alpha value is -2.48. The van der Waals surface area contributed by atoms with Crippen molar-refractivity contribution in [3.05, 3.63) is 39.9 Å². The average Bonchev–Trinajstić information content (AvgIpc) is 2.58. The van der Waals surface area contributed by atoms with Gasteiger partial charge in [-0.3, -0.25) is 19.7 Å². The highest BCUT2D eigenvalue weighted by Gasteiger charge is 2.20. The van der Waals surface area contributed by atoms with Gasteiger partial charge in [-0.1, -0.05) is 18.2 Å². The number of esters is 1. The van der Waals surface area contributed by atoms with Crippen molar-refractivity contribution in [1.82, 2.24) is 4.90 Å². The molecule has 138 valence electrons. The van der Waals surface area contributed by atoms with Crippen LogP contribution in [-0.2, 0) is 25.5 Å². The summed E-state index contributed by atoms with van der Waals surface area (Å²) in [5.41, 5.74) is 0.267. The Balaban J connectivity index is 2.77. The molecule has 8 nitrogen and oxygen atoms in total. The van der Waals surface area contributed by atoms with E-state index in [2.05, 4.69) is 0 Å². The molecule has 0 saturated heterocycles. The van der Waals surface area contributed by atoms with Gasteiger partial charge in [-0.15, -0.1) is 0 Å². The minimum Gasteiger partial charge on any atom is -0.466 e. The quantitative estimate of drug-likeness (QED) is 0.261. The van der Waals surface area contributed by atoms with Crippen LogP contribution in [0.4, 0.5) is 5.69 Å². The lowest BCUT2D eigenvalue weighted by atomic mass is 10.1. The van der Waals surface area contributed by atoms with E-state index in [0.717, 1.165) is 0 Å². The maximum atomic E-state index is 12.6. The second-order valence-electron chi connectivity index (χ2n) is 5.34. The van der Waals surface area contributed by atoms with Crippen molar-refractivity contribution in [1.29, 1.82) is 0 Å². The summed E-state index contributed by atoms with van der Waals surface area (Å²) < 4.78 is 9.86. The molecular formula is C17H24N2O6. The van der Waals surface area contributed by atoms with Gasteiger partial charge < -0.3 is 14.4 Å². The van der Waals surface area contributed by atoms with Gasteiger partial charge in [0.1, 0.15) is 0 Å². The average molecular weight is 352 g/mol. The lowest BCUT2D eigenvalue weighted by Gasteiger charge is -2.22. The molecule has 1 amide bonds. The van der Waals surface area contributed by atoms with Crippen LogP contribution in [0.1, 0.15) is 25.3 Å². The molecule has 0 radical (unpaired) electrons. The summed E-state index contributed by atoms with van der Waals surface area (Å²) >= 11 is 0. The first-order valence-corrected chi connectivity index (χ1v) is 8.14. The number of carbonyl (C=O) groups is 2. The van der Waals surface area contributed by atoms with E-state index in [4.69, 9.17) is 9.47 Å². The van der Waals surface area contributed by atoms with Crippen LogP contribution in [0.2, 0.25) is 0 Å². The van der Waals surface area contributed by atoms with E-state index in [1.807, 2.05) is 0 Å². The summed E-state index contributed by atoms with van der Waals surface area (Å²) in [4.78, 5) is 36.2. The van der Waals surface area contributed by atoms with Crippen LogP contribution in [-0.4, -0.2) is 55.1 Å². The zero-order chi connectivity index (χ0) is 18.7. The number of nitrogens with zero attached hydrogens (tertiary/aromatic N) is 2. The lowest BCUT2D eigenvalue weighted by molar-refractivity contribution is -0.385. The van der Waals surface area contributed by atoms with E-state index in [9.17, 15) is 19.7 Å². The maximum absolute atomic E-state index is 12.6. The van der Waals surface area contributed by atoms with Gasteiger partial charge in [-0.05, 0) is 13.3 Å². The Morgan fingerprint density at radius 2 is 1.96 bits per heavy atom. The van der Waals surface area contributed by atoms with Crippen molar-refractivity contribution in [3.63, 3.8) is 0 Å². The van der Waals surface area contributed by atoms with Crippen LogP contribution in [0.15, 0.2) is 24.3 Å². The molecule has 0 aliphatic heterocycles. The molecule has 0 bridgehead atoms. The van der Waals surface area contributed by atoms with E-state index in [1.165, 1.54) is 11.0 Å². The van der Waals surface area contributed by atoms with Crippen molar-refractivity contribution in [2.45, 2.75) is 26.2 Å². The number of nitro benzene ring substituents is 1. The fraction of sp³-hybridized carbons (Fsp3) is 0.529. The molecular weight excluding hydrogens is 328 g/mol. The molecule has 0 aromatic heterocycles. The lowest BCUT2D eigenvalue weighted by Crippen LogP contribution is -2.35. The summed E-state index contributed by atoms with van der Waals surface area (Å²) in [6.07, 6.45) is 0.609. The monoisotopic (exact) mass is 352 g/mol. The highest BCUT2D eigenvalue weighted by atomic mass is 16.6. The van der Waals surface area contributed by atoms with E-state index in [-0.39, 0.29) is 43.6 Å². The normalized spacial score (nSPS) is 10.3. The Morgan fingerprint density at radius 1 is 1.24 bits per heavy atom. The van der Waals surface area contributed by atoms with Crippen molar-refractivity contribution in [3.8, 4) is 0 Å². The molecule has 0 atom stereocenters. The molecule has 0 N–H and O–H groups in total. The molecule has 0 spiro atoms. The SMILES string of the molecule is CCOC(=O)CCN(CCCOC)C(=O)Cc1ccccc1[N+](=O)[O-]. The fourth-order valence-corrected chi connectivity index (χ4v) is 2.33. The Bertz CT molecular complexity index is 590. The van der Waals surface area contributed by atoms with Crippen molar-refractivity contribution >= 4 is 17.6 Å². The van der Waals surface area contributed by atoms with Crippen molar-refractivity contribution in [2.75, 3.05) is 33.4 Å². The number of ether oxygens (including phenoxy) is 2. The molecule has 0 unspecified atom stereocenters. The number of hydrogen-bond acceptors (Lipinski definition) is 6. The fourth-order valence-electron chi connectivity index (χ4n) is 2.33. The van der Waals surface area contributed by atoms with Gasteiger partial charge in [-0.25, -0.2) is 0 Å². The van der Waals surface area contributed by atoms with E-state index >= 15 is 0 Å². The van der Waals surface area contributed by atoms with Crippen LogP contribution in [0.3, 0.4) is 0 Å². The predicted octanol–water partition coefficient (Wildman–Crippen LogP) is 1.96. The number of rotatable bonds is 11. The minimum absolute atomic E-state index is 0.0851. The highest BCUT2D eigenvalue weighted by Crippen LogP contribution is 2.19. The number of amides is 1. The van der Waals surface area contributed by atoms with Crippen molar-refractivity contribution in [2.24, 2.45) is 0 Å². The molecule has 1 aromatic carbocycles. The Morgan fingerprint density at radius 3 is 2.60 bits per heavy atom. The number of methoxy groups -OCH3 is 1. The first-order valence-electron chi connectivity index (χ1n) is 8.14. The van der Waals surface area contributed by atoms with Crippen molar-refractivity contribution < 1.29 is 24.0 Å². The molecule has 0 saturated carbocycles. The van der Waals surface area contributed by atoms with Gasteiger partial charge in [0, 0.05) is 38.4 Å². The predicted molar refractivity (Wildman–Crippen MR) is 91.1 cm³/mol. The summed E-state index contributed by atoms with van der Waals surface area (Å²) in [6.45, 7) is 3.10. The van der Waals surface area contributed by atoms with E-state index in [0.29, 0.717) is 25.1 Å². The van der Waals surface area contributed by atoms with Gasteiger partial charge in [0.2, 0.25) is 5.91 Å². The third-order valence-electron chi connectivity index (χ3n) is 3.55. The first-order chi connectivity index (χ1) is 12.0. The number of hydrogen-bond donors (Lipinski definition) is 0. The zero-order valence-electron chi connectivity index (χ0n) is 14.6. The van der Waals surface area contributed by atoms with Crippen LogP contribution in [0.25, 0.3) is 0 Å². The summed E-state index contributed by atoms with van der Waals surface area (Å²) in [5, 5.41) is 11.1. The van der Waals surface area contributed by atoms with Crippen LogP contribution >= 0.6 is 0 Å². The molecule has 0 heterocycles. The largest absolute Gasteiger partial charge is 0.466 e. The van der Waals surface area contributed by atoms with Crippen LogP contribution in [0.5, 0.6) is 0 Å².